The second-order valence-electron chi connectivity index (χ2n) is 10.6. The zero-order valence-electron chi connectivity index (χ0n) is 17.3. The lowest BCUT2D eigenvalue weighted by Gasteiger charge is -2.59. The summed E-state index contributed by atoms with van der Waals surface area (Å²) in [5, 5.41) is 0. The average molecular weight is 441 g/mol. The van der Waals surface area contributed by atoms with E-state index >= 15 is 0 Å². The van der Waals surface area contributed by atoms with Crippen molar-refractivity contribution in [1.29, 1.82) is 0 Å². The molecule has 4 fully saturated rings. The fourth-order valence-electron chi connectivity index (χ4n) is 7.85. The smallest absolute Gasteiger partial charge is 0.165 e. The van der Waals surface area contributed by atoms with E-state index in [9.17, 15) is 4.79 Å². The highest BCUT2D eigenvalue weighted by molar-refractivity contribution is 9.10. The van der Waals surface area contributed by atoms with Gasteiger partial charge in [-0.15, -0.1) is 0 Å². The molecule has 1 aromatic rings. The molecule has 0 saturated heterocycles. The van der Waals surface area contributed by atoms with Gasteiger partial charge >= 0.3 is 0 Å². The molecule has 0 aromatic heterocycles. The van der Waals surface area contributed by atoms with Crippen LogP contribution in [0.15, 0.2) is 34.3 Å². The molecule has 1 aromatic carbocycles. The monoisotopic (exact) mass is 440 g/mol. The number of ketones is 1. The number of allylic oxidation sites excluding steroid dienone is 1. The number of hydrogen-bond acceptors (Lipinski definition) is 1. The lowest BCUT2D eigenvalue weighted by molar-refractivity contribution is -0.137. The third-order valence-corrected chi connectivity index (χ3v) is 9.96. The van der Waals surface area contributed by atoms with E-state index in [1.54, 1.807) is 0 Å². The van der Waals surface area contributed by atoms with Crippen LogP contribution >= 0.6 is 15.9 Å². The highest BCUT2D eigenvalue weighted by Crippen LogP contribution is 2.66. The molecule has 150 valence electrons. The summed E-state index contributed by atoms with van der Waals surface area (Å²) >= 11 is 3.51. The van der Waals surface area contributed by atoms with Crippen molar-refractivity contribution in [3.05, 3.63) is 39.9 Å². The number of benzene rings is 1. The number of rotatable bonds is 1. The van der Waals surface area contributed by atoms with Gasteiger partial charge in [0.05, 0.1) is 0 Å². The molecular weight excluding hydrogens is 408 g/mol. The molecule has 28 heavy (non-hydrogen) atoms. The Morgan fingerprint density at radius 3 is 2.54 bits per heavy atom. The van der Waals surface area contributed by atoms with Crippen molar-refractivity contribution in [3.63, 3.8) is 0 Å². The Morgan fingerprint density at radius 1 is 0.964 bits per heavy atom. The lowest BCUT2D eigenvalue weighted by Crippen LogP contribution is -2.52. The van der Waals surface area contributed by atoms with Crippen LogP contribution in [0.2, 0.25) is 0 Å². The van der Waals surface area contributed by atoms with Crippen molar-refractivity contribution >= 4 is 27.8 Å². The Balaban J connectivity index is 1.45. The van der Waals surface area contributed by atoms with E-state index in [4.69, 9.17) is 0 Å². The van der Waals surface area contributed by atoms with Crippen LogP contribution in [-0.4, -0.2) is 5.78 Å². The second kappa shape index (κ2) is 6.83. The van der Waals surface area contributed by atoms with Crippen molar-refractivity contribution < 1.29 is 4.79 Å². The molecule has 2 heteroatoms. The Morgan fingerprint density at radius 2 is 1.75 bits per heavy atom. The summed E-state index contributed by atoms with van der Waals surface area (Å²) in [5.41, 5.74) is 2.68. The van der Waals surface area contributed by atoms with Gasteiger partial charge in [-0.25, -0.2) is 0 Å². The predicted octanol–water partition coefficient (Wildman–Crippen LogP) is 7.44. The maximum absolute atomic E-state index is 13.5. The molecule has 0 N–H and O–H groups in total. The predicted molar refractivity (Wildman–Crippen MR) is 119 cm³/mol. The van der Waals surface area contributed by atoms with Gasteiger partial charge in [-0.1, -0.05) is 54.8 Å². The molecular formula is C26H33BrO. The largest absolute Gasteiger partial charge is 0.294 e. The van der Waals surface area contributed by atoms with Crippen LogP contribution in [0.3, 0.4) is 0 Å². The first-order valence-corrected chi connectivity index (χ1v) is 12.2. The van der Waals surface area contributed by atoms with Gasteiger partial charge in [-0.3, -0.25) is 4.79 Å². The number of carbonyl (C=O) groups is 1. The number of Topliss-reactive ketones (excluding diaryl/α,β-unsaturated/α-hetero) is 1. The first-order valence-electron chi connectivity index (χ1n) is 11.4. The third-order valence-electron chi connectivity index (χ3n) is 9.43. The molecule has 0 aliphatic heterocycles. The summed E-state index contributed by atoms with van der Waals surface area (Å²) in [6.07, 6.45) is 14.1. The van der Waals surface area contributed by atoms with Gasteiger partial charge in [0.25, 0.3) is 0 Å². The van der Waals surface area contributed by atoms with Crippen LogP contribution < -0.4 is 0 Å². The van der Waals surface area contributed by atoms with Gasteiger partial charge in [0, 0.05) is 9.89 Å². The number of halogens is 1. The molecule has 4 saturated carbocycles. The minimum absolute atomic E-state index is 0.111. The zero-order valence-corrected chi connectivity index (χ0v) is 18.9. The average Bonchev–Trinajstić information content (AvgIpc) is 2.94. The van der Waals surface area contributed by atoms with Crippen molar-refractivity contribution in [1.82, 2.24) is 0 Å². The number of fused-ring (bicyclic) bond motifs is 5. The summed E-state index contributed by atoms with van der Waals surface area (Å²) in [7, 11) is 0. The van der Waals surface area contributed by atoms with E-state index in [0.717, 1.165) is 46.2 Å². The highest BCUT2D eigenvalue weighted by Gasteiger charge is 2.60. The summed E-state index contributed by atoms with van der Waals surface area (Å²) in [4.78, 5) is 13.5. The number of carbonyl (C=O) groups excluding carboxylic acids is 1. The lowest BCUT2D eigenvalue weighted by atomic mass is 9.45. The van der Waals surface area contributed by atoms with Gasteiger partial charge in [-0.2, -0.15) is 0 Å². The summed E-state index contributed by atoms with van der Waals surface area (Å²) in [6, 6.07) is 8.38. The van der Waals surface area contributed by atoms with E-state index in [1.165, 1.54) is 44.9 Å². The fourth-order valence-corrected chi connectivity index (χ4v) is 8.12. The van der Waals surface area contributed by atoms with E-state index in [0.29, 0.717) is 17.1 Å². The van der Waals surface area contributed by atoms with E-state index in [2.05, 4.69) is 60.1 Å². The molecule has 0 spiro atoms. The van der Waals surface area contributed by atoms with Crippen molar-refractivity contribution in [3.8, 4) is 0 Å². The molecule has 0 amide bonds. The van der Waals surface area contributed by atoms with Crippen LogP contribution in [0.1, 0.15) is 77.2 Å². The number of hydrogen-bond donors (Lipinski definition) is 0. The molecule has 5 rings (SSSR count). The summed E-state index contributed by atoms with van der Waals surface area (Å²) < 4.78 is 1.09. The van der Waals surface area contributed by atoms with E-state index in [1.807, 2.05) is 0 Å². The first kappa shape index (κ1) is 19.1. The second-order valence-corrected chi connectivity index (χ2v) is 11.5. The SMILES string of the molecule is C[C@@]12CCCCC1CCC1C2CC[C@@]2(C)C(=O)/C(=C/c3ccc(Br)cc3)CC12. The first-order chi connectivity index (χ1) is 13.4. The van der Waals surface area contributed by atoms with Crippen LogP contribution in [0.25, 0.3) is 6.08 Å². The quantitative estimate of drug-likeness (QED) is 0.414. The molecule has 4 aliphatic rings. The third kappa shape index (κ3) is 2.81. The van der Waals surface area contributed by atoms with Crippen molar-refractivity contribution in [2.24, 2.45) is 34.5 Å². The van der Waals surface area contributed by atoms with Gasteiger partial charge in [0.1, 0.15) is 0 Å². The Bertz CT molecular complexity index is 808. The minimum Gasteiger partial charge on any atom is -0.294 e. The Hall–Kier alpha value is -0.890. The van der Waals surface area contributed by atoms with Gasteiger partial charge in [0.15, 0.2) is 5.78 Å². The summed E-state index contributed by atoms with van der Waals surface area (Å²) in [5.74, 6) is 3.58. The maximum Gasteiger partial charge on any atom is 0.165 e. The van der Waals surface area contributed by atoms with Crippen LogP contribution in [0.4, 0.5) is 0 Å². The van der Waals surface area contributed by atoms with Crippen molar-refractivity contribution in [2.75, 3.05) is 0 Å². The minimum atomic E-state index is -0.111. The van der Waals surface area contributed by atoms with Crippen molar-refractivity contribution in [2.45, 2.75) is 71.6 Å². The molecule has 4 aliphatic carbocycles. The fraction of sp³-hybridized carbons (Fsp3) is 0.654. The molecule has 0 radical (unpaired) electrons. The normalized spacial score (nSPS) is 44.1. The zero-order chi connectivity index (χ0) is 19.5. The maximum atomic E-state index is 13.5. The summed E-state index contributed by atoms with van der Waals surface area (Å²) in [6.45, 7) is 4.92. The van der Waals surface area contributed by atoms with Gasteiger partial charge < -0.3 is 0 Å². The molecule has 1 nitrogen and oxygen atoms in total. The van der Waals surface area contributed by atoms with Crippen LogP contribution in [0.5, 0.6) is 0 Å². The van der Waals surface area contributed by atoms with E-state index < -0.39 is 0 Å². The standard InChI is InChI=1S/C26H33BrO/c1-25-13-4-3-5-19(25)8-11-21-22(25)12-14-26(2)23(21)16-18(24(26)28)15-17-6-9-20(27)10-7-17/h6-7,9-10,15,19,21-23H,3-5,8,11-14,16H2,1-2H3/b18-15+/t19?,21?,22?,23?,25-,26-/m1/s1. The van der Waals surface area contributed by atoms with Crippen LogP contribution in [-0.2, 0) is 4.79 Å². The molecule has 0 heterocycles. The van der Waals surface area contributed by atoms with Gasteiger partial charge in [0.2, 0.25) is 0 Å². The molecule has 6 atom stereocenters. The van der Waals surface area contributed by atoms with Gasteiger partial charge in [-0.05, 0) is 103 Å². The highest BCUT2D eigenvalue weighted by atomic mass is 79.9. The topological polar surface area (TPSA) is 17.1 Å². The Kier molecular flexibility index (Phi) is 4.66. The molecule has 0 bridgehead atoms. The van der Waals surface area contributed by atoms with E-state index in [-0.39, 0.29) is 5.41 Å². The molecule has 4 unspecified atom stereocenters. The Labute approximate surface area is 178 Å². The van der Waals surface area contributed by atoms with Crippen LogP contribution in [0, 0.1) is 34.5 Å².